The van der Waals surface area contributed by atoms with Crippen molar-refractivity contribution < 1.29 is 9.59 Å². The van der Waals surface area contributed by atoms with E-state index in [1.807, 2.05) is 18.9 Å². The van der Waals surface area contributed by atoms with Crippen molar-refractivity contribution in [2.75, 3.05) is 33.2 Å². The van der Waals surface area contributed by atoms with Crippen molar-refractivity contribution in [1.82, 2.24) is 15.1 Å². The van der Waals surface area contributed by atoms with Gasteiger partial charge >= 0.3 is 0 Å². The van der Waals surface area contributed by atoms with Gasteiger partial charge in [0.25, 0.3) is 0 Å². The van der Waals surface area contributed by atoms with Crippen molar-refractivity contribution in [3.63, 3.8) is 0 Å². The number of amides is 2. The molecule has 1 aromatic carbocycles. The van der Waals surface area contributed by atoms with Crippen LogP contribution in [0.3, 0.4) is 0 Å². The Morgan fingerprint density at radius 3 is 2.48 bits per heavy atom. The second kappa shape index (κ2) is 10.3. The second-order valence-corrected chi connectivity index (χ2v) is 9.74. The molecule has 0 unspecified atom stereocenters. The second-order valence-electron chi connectivity index (χ2n) is 9.74. The van der Waals surface area contributed by atoms with E-state index in [0.717, 1.165) is 45.2 Å². The molecule has 6 heteroatoms. The third-order valence-corrected chi connectivity index (χ3v) is 6.85. The van der Waals surface area contributed by atoms with Gasteiger partial charge in [0.15, 0.2) is 0 Å². The van der Waals surface area contributed by atoms with E-state index >= 15 is 0 Å². The summed E-state index contributed by atoms with van der Waals surface area (Å²) in [6.07, 6.45) is 4.33. The quantitative estimate of drug-likeness (QED) is 0.789. The maximum Gasteiger partial charge on any atom is 0.226 e. The SMILES string of the molecule is Cc1ccc(CCC(=O)N[C@H]2CC[C@@H](C(=O)N3CCC(C)(C#N)CC3)CN(C)C2)cc1. The minimum Gasteiger partial charge on any atom is -0.352 e. The number of hydrogen-bond acceptors (Lipinski definition) is 4. The topological polar surface area (TPSA) is 76.4 Å². The molecule has 0 aliphatic carbocycles. The van der Waals surface area contributed by atoms with E-state index in [1.165, 1.54) is 11.1 Å². The molecule has 2 saturated heterocycles. The number of nitrogens with one attached hydrogen (secondary N) is 1. The number of nitrogens with zero attached hydrogens (tertiary/aromatic N) is 3. The minimum absolute atomic E-state index is 0.0362. The summed E-state index contributed by atoms with van der Waals surface area (Å²) in [5.74, 6) is 0.250. The van der Waals surface area contributed by atoms with Crippen LogP contribution in [0.1, 0.15) is 50.2 Å². The van der Waals surface area contributed by atoms with Crippen LogP contribution >= 0.6 is 0 Å². The number of benzene rings is 1. The van der Waals surface area contributed by atoms with Gasteiger partial charge < -0.3 is 15.1 Å². The number of hydrogen-bond donors (Lipinski definition) is 1. The molecule has 31 heavy (non-hydrogen) atoms. The number of carbonyl (C=O) groups is 2. The lowest BCUT2D eigenvalue weighted by Crippen LogP contribution is -2.46. The normalized spacial score (nSPS) is 24.1. The maximum atomic E-state index is 13.1. The zero-order chi connectivity index (χ0) is 22.4. The molecule has 0 spiro atoms. The van der Waals surface area contributed by atoms with Crippen LogP contribution in [0.2, 0.25) is 0 Å². The number of rotatable bonds is 5. The Morgan fingerprint density at radius 1 is 1.16 bits per heavy atom. The highest BCUT2D eigenvalue weighted by Gasteiger charge is 2.35. The molecule has 0 saturated carbocycles. The van der Waals surface area contributed by atoms with Crippen LogP contribution in [0.5, 0.6) is 0 Å². The summed E-state index contributed by atoms with van der Waals surface area (Å²) >= 11 is 0. The van der Waals surface area contributed by atoms with E-state index in [1.54, 1.807) is 0 Å². The lowest BCUT2D eigenvalue weighted by Gasteiger charge is -2.37. The lowest BCUT2D eigenvalue weighted by molar-refractivity contribution is -0.138. The van der Waals surface area contributed by atoms with Crippen LogP contribution in [0.4, 0.5) is 0 Å². The molecule has 2 atom stereocenters. The number of nitriles is 1. The molecule has 1 aromatic rings. The fraction of sp³-hybridized carbons (Fsp3) is 0.640. The molecule has 0 radical (unpaired) electrons. The molecule has 0 aromatic heterocycles. The van der Waals surface area contributed by atoms with Crippen molar-refractivity contribution in [3.05, 3.63) is 35.4 Å². The molecular formula is C25H36N4O2. The molecule has 2 aliphatic rings. The average molecular weight is 425 g/mol. The fourth-order valence-electron chi connectivity index (χ4n) is 4.63. The Hall–Kier alpha value is -2.39. The lowest BCUT2D eigenvalue weighted by atomic mass is 9.81. The molecule has 2 heterocycles. The first-order valence-electron chi connectivity index (χ1n) is 11.5. The van der Waals surface area contributed by atoms with Crippen molar-refractivity contribution in [2.45, 2.75) is 58.4 Å². The number of piperidine rings is 1. The van der Waals surface area contributed by atoms with Gasteiger partial charge in [0, 0.05) is 38.6 Å². The number of likely N-dealkylation sites (N-methyl/N-ethyl adjacent to an activating group) is 1. The van der Waals surface area contributed by atoms with Crippen LogP contribution in [0.15, 0.2) is 24.3 Å². The first-order valence-corrected chi connectivity index (χ1v) is 11.5. The summed E-state index contributed by atoms with van der Waals surface area (Å²) in [7, 11) is 2.03. The molecule has 6 nitrogen and oxygen atoms in total. The summed E-state index contributed by atoms with van der Waals surface area (Å²) in [5, 5.41) is 12.5. The summed E-state index contributed by atoms with van der Waals surface area (Å²) in [5.41, 5.74) is 2.10. The Kier molecular flexibility index (Phi) is 7.72. The van der Waals surface area contributed by atoms with E-state index in [9.17, 15) is 14.9 Å². The van der Waals surface area contributed by atoms with Gasteiger partial charge in [-0.3, -0.25) is 9.59 Å². The number of likely N-dealkylation sites (tertiary alicyclic amines) is 2. The highest BCUT2D eigenvalue weighted by Crippen LogP contribution is 2.31. The van der Waals surface area contributed by atoms with Crippen molar-refractivity contribution in [3.8, 4) is 6.07 Å². The van der Waals surface area contributed by atoms with Gasteiger partial charge in [-0.1, -0.05) is 29.8 Å². The van der Waals surface area contributed by atoms with E-state index in [2.05, 4.69) is 47.5 Å². The first kappa shape index (κ1) is 23.3. The van der Waals surface area contributed by atoms with Gasteiger partial charge in [-0.2, -0.15) is 5.26 Å². The Bertz CT molecular complexity index is 806. The molecule has 2 fully saturated rings. The van der Waals surface area contributed by atoms with E-state index in [0.29, 0.717) is 19.5 Å². The van der Waals surface area contributed by atoms with Gasteiger partial charge in [0.2, 0.25) is 11.8 Å². The van der Waals surface area contributed by atoms with Crippen molar-refractivity contribution in [1.29, 1.82) is 5.26 Å². The average Bonchev–Trinajstić information content (AvgIpc) is 2.94. The molecule has 2 aliphatic heterocycles. The minimum atomic E-state index is -0.301. The van der Waals surface area contributed by atoms with Crippen LogP contribution < -0.4 is 5.32 Å². The largest absolute Gasteiger partial charge is 0.352 e. The summed E-state index contributed by atoms with van der Waals surface area (Å²) < 4.78 is 0. The predicted octanol–water partition coefficient (Wildman–Crippen LogP) is 2.91. The zero-order valence-electron chi connectivity index (χ0n) is 19.2. The highest BCUT2D eigenvalue weighted by molar-refractivity contribution is 5.79. The van der Waals surface area contributed by atoms with E-state index < -0.39 is 0 Å². The van der Waals surface area contributed by atoms with Crippen LogP contribution in [0.25, 0.3) is 0 Å². The van der Waals surface area contributed by atoms with Gasteiger partial charge in [-0.25, -0.2) is 0 Å². The Balaban J connectivity index is 1.47. The van der Waals surface area contributed by atoms with Crippen LogP contribution in [-0.4, -0.2) is 60.9 Å². The van der Waals surface area contributed by atoms with Crippen molar-refractivity contribution >= 4 is 11.8 Å². The smallest absolute Gasteiger partial charge is 0.226 e. The first-order chi connectivity index (χ1) is 14.8. The number of carbonyl (C=O) groups excluding carboxylic acids is 2. The molecule has 0 bridgehead atoms. The van der Waals surface area contributed by atoms with E-state index in [-0.39, 0.29) is 29.2 Å². The number of aryl methyl sites for hydroxylation is 2. The predicted molar refractivity (Wildman–Crippen MR) is 121 cm³/mol. The summed E-state index contributed by atoms with van der Waals surface area (Å²) in [6, 6.07) is 10.8. The highest BCUT2D eigenvalue weighted by atomic mass is 16.2. The third kappa shape index (κ3) is 6.54. The monoisotopic (exact) mass is 424 g/mol. The Labute approximate surface area is 186 Å². The summed E-state index contributed by atoms with van der Waals surface area (Å²) in [4.78, 5) is 29.7. The van der Waals surface area contributed by atoms with Gasteiger partial charge in [-0.05, 0) is 58.6 Å². The van der Waals surface area contributed by atoms with Gasteiger partial charge in [0.1, 0.15) is 0 Å². The van der Waals surface area contributed by atoms with Gasteiger partial charge in [-0.15, -0.1) is 0 Å². The van der Waals surface area contributed by atoms with Crippen LogP contribution in [-0.2, 0) is 16.0 Å². The maximum absolute atomic E-state index is 13.1. The van der Waals surface area contributed by atoms with E-state index in [4.69, 9.17) is 0 Å². The molecular weight excluding hydrogens is 388 g/mol. The molecule has 168 valence electrons. The molecule has 3 rings (SSSR count). The zero-order valence-corrected chi connectivity index (χ0v) is 19.2. The standard InChI is InChI=1S/C25H36N4O2/c1-19-4-6-20(7-5-19)8-11-23(30)27-22-10-9-21(16-28(3)17-22)24(31)29-14-12-25(2,18-26)13-15-29/h4-7,21-22H,8-17H2,1-3H3,(H,27,30)/t21-,22+/m1/s1. The molecule has 2 amide bonds. The molecule has 1 N–H and O–H groups in total. The van der Waals surface area contributed by atoms with Crippen LogP contribution in [0, 0.1) is 29.6 Å². The third-order valence-electron chi connectivity index (χ3n) is 6.85. The summed E-state index contributed by atoms with van der Waals surface area (Å²) in [6.45, 7) is 6.88. The Morgan fingerprint density at radius 2 is 1.84 bits per heavy atom. The fourth-order valence-corrected chi connectivity index (χ4v) is 4.63. The van der Waals surface area contributed by atoms with Gasteiger partial charge in [0.05, 0.1) is 17.4 Å². The van der Waals surface area contributed by atoms with Crippen molar-refractivity contribution in [2.24, 2.45) is 11.3 Å².